The van der Waals surface area contributed by atoms with Crippen LogP contribution in [-0.4, -0.2) is 32.1 Å². The quantitative estimate of drug-likeness (QED) is 0.864. The first-order valence-electron chi connectivity index (χ1n) is 6.47. The van der Waals surface area contributed by atoms with Crippen LogP contribution in [0.1, 0.15) is 34.3 Å². The van der Waals surface area contributed by atoms with Crippen molar-refractivity contribution < 1.29 is 9.53 Å². The van der Waals surface area contributed by atoms with E-state index < -0.39 is 0 Å². The number of hydrogen-bond acceptors (Lipinski definition) is 3. The molecule has 2 heterocycles. The number of halogens is 1. The fraction of sp³-hybridized carbons (Fsp3) is 0.500. The van der Waals surface area contributed by atoms with E-state index in [1.165, 1.54) is 5.56 Å². The normalized spacial score (nSPS) is 24.0. The Morgan fingerprint density at radius 1 is 1.37 bits per heavy atom. The van der Waals surface area contributed by atoms with Crippen molar-refractivity contribution in [1.82, 2.24) is 10.6 Å². The molecule has 0 spiro atoms. The first-order chi connectivity index (χ1) is 8.74. The molecule has 1 fully saturated rings. The van der Waals surface area contributed by atoms with E-state index in [0.29, 0.717) is 11.7 Å². The standard InChI is InChI=1S/C14H18N2O2.ClH/c1-3-8-4-9-10-6-15-7-11(10)16-14(17)13(9)12(5-8)18-2;/h4-5,10-11,15H,3,6-7H2,1-2H3,(H,16,17);1H/t10-,11+;/m0./s1. The predicted molar refractivity (Wildman–Crippen MR) is 76.5 cm³/mol. The molecule has 2 aliphatic heterocycles. The van der Waals surface area contributed by atoms with Crippen LogP contribution < -0.4 is 15.4 Å². The van der Waals surface area contributed by atoms with Crippen molar-refractivity contribution >= 4 is 18.3 Å². The second kappa shape index (κ2) is 5.39. The number of aryl methyl sites for hydroxylation is 1. The molecule has 1 saturated heterocycles. The lowest BCUT2D eigenvalue weighted by molar-refractivity contribution is 0.0920. The van der Waals surface area contributed by atoms with Gasteiger partial charge in [-0.05, 0) is 23.6 Å². The highest BCUT2D eigenvalue weighted by Crippen LogP contribution is 2.36. The van der Waals surface area contributed by atoms with Gasteiger partial charge in [-0.2, -0.15) is 0 Å². The van der Waals surface area contributed by atoms with E-state index >= 15 is 0 Å². The number of fused-ring (bicyclic) bond motifs is 3. The molecule has 3 rings (SSSR count). The third-order valence-electron chi connectivity index (χ3n) is 3.98. The van der Waals surface area contributed by atoms with Gasteiger partial charge in [-0.3, -0.25) is 4.79 Å². The molecule has 5 heteroatoms. The van der Waals surface area contributed by atoms with Gasteiger partial charge in [-0.1, -0.05) is 13.0 Å². The molecule has 19 heavy (non-hydrogen) atoms. The van der Waals surface area contributed by atoms with Crippen LogP contribution >= 0.6 is 12.4 Å². The largest absolute Gasteiger partial charge is 0.496 e. The van der Waals surface area contributed by atoms with Crippen LogP contribution in [-0.2, 0) is 6.42 Å². The van der Waals surface area contributed by atoms with Gasteiger partial charge in [-0.15, -0.1) is 12.4 Å². The average Bonchev–Trinajstić information content (AvgIpc) is 2.85. The van der Waals surface area contributed by atoms with E-state index in [1.807, 2.05) is 6.07 Å². The SMILES string of the molecule is CCc1cc(OC)c2c(c1)[C@@H]1CNC[C@H]1NC2=O.Cl. The summed E-state index contributed by atoms with van der Waals surface area (Å²) in [5.41, 5.74) is 3.09. The first kappa shape index (κ1) is 14.2. The number of methoxy groups -OCH3 is 1. The Labute approximate surface area is 119 Å². The smallest absolute Gasteiger partial charge is 0.255 e. The van der Waals surface area contributed by atoms with Crippen molar-refractivity contribution in [3.05, 3.63) is 28.8 Å². The molecule has 0 aromatic heterocycles. The molecule has 1 aromatic carbocycles. The Balaban J connectivity index is 0.00000133. The van der Waals surface area contributed by atoms with Crippen molar-refractivity contribution in [2.24, 2.45) is 0 Å². The van der Waals surface area contributed by atoms with Crippen LogP contribution in [0.5, 0.6) is 5.75 Å². The molecule has 1 amide bonds. The maximum atomic E-state index is 12.2. The molecule has 4 nitrogen and oxygen atoms in total. The summed E-state index contributed by atoms with van der Waals surface area (Å²) in [6.45, 7) is 3.90. The summed E-state index contributed by atoms with van der Waals surface area (Å²) in [5, 5.41) is 6.41. The summed E-state index contributed by atoms with van der Waals surface area (Å²) in [6.07, 6.45) is 0.954. The van der Waals surface area contributed by atoms with E-state index in [-0.39, 0.29) is 24.4 Å². The van der Waals surface area contributed by atoms with Crippen LogP contribution in [0.4, 0.5) is 0 Å². The Kier molecular flexibility index (Phi) is 4.02. The van der Waals surface area contributed by atoms with Crippen LogP contribution in [0.3, 0.4) is 0 Å². The minimum atomic E-state index is -0.00514. The van der Waals surface area contributed by atoms with Crippen LogP contribution in [0.2, 0.25) is 0 Å². The van der Waals surface area contributed by atoms with Gasteiger partial charge in [0.25, 0.3) is 5.91 Å². The van der Waals surface area contributed by atoms with Gasteiger partial charge >= 0.3 is 0 Å². The van der Waals surface area contributed by atoms with E-state index in [2.05, 4.69) is 23.6 Å². The molecular formula is C14H19ClN2O2. The van der Waals surface area contributed by atoms with Crippen molar-refractivity contribution in [2.45, 2.75) is 25.3 Å². The van der Waals surface area contributed by atoms with Gasteiger partial charge in [-0.25, -0.2) is 0 Å². The molecule has 2 N–H and O–H groups in total. The zero-order valence-corrected chi connectivity index (χ0v) is 12.0. The summed E-state index contributed by atoms with van der Waals surface area (Å²) in [4.78, 5) is 12.2. The molecule has 0 unspecified atom stereocenters. The third-order valence-corrected chi connectivity index (χ3v) is 3.98. The zero-order chi connectivity index (χ0) is 12.7. The fourth-order valence-corrected chi connectivity index (χ4v) is 2.99. The van der Waals surface area contributed by atoms with Crippen LogP contribution in [0.25, 0.3) is 0 Å². The molecule has 0 saturated carbocycles. The molecule has 2 aliphatic rings. The lowest BCUT2D eigenvalue weighted by Crippen LogP contribution is -2.44. The lowest BCUT2D eigenvalue weighted by atomic mass is 9.84. The number of rotatable bonds is 2. The number of hydrogen-bond donors (Lipinski definition) is 2. The Morgan fingerprint density at radius 3 is 2.84 bits per heavy atom. The van der Waals surface area contributed by atoms with Gasteiger partial charge in [0.1, 0.15) is 5.75 Å². The summed E-state index contributed by atoms with van der Waals surface area (Å²) in [6, 6.07) is 4.37. The average molecular weight is 283 g/mol. The highest BCUT2D eigenvalue weighted by molar-refractivity contribution is 6.00. The van der Waals surface area contributed by atoms with Crippen molar-refractivity contribution in [2.75, 3.05) is 20.2 Å². The van der Waals surface area contributed by atoms with Gasteiger partial charge in [0.05, 0.1) is 12.7 Å². The topological polar surface area (TPSA) is 50.4 Å². The summed E-state index contributed by atoms with van der Waals surface area (Å²) >= 11 is 0. The number of carbonyl (C=O) groups is 1. The molecule has 1 aromatic rings. The van der Waals surface area contributed by atoms with Crippen LogP contribution in [0.15, 0.2) is 12.1 Å². The molecule has 104 valence electrons. The van der Waals surface area contributed by atoms with E-state index in [1.54, 1.807) is 7.11 Å². The predicted octanol–water partition coefficient (Wildman–Crippen LogP) is 1.48. The highest BCUT2D eigenvalue weighted by atomic mass is 35.5. The minimum Gasteiger partial charge on any atom is -0.496 e. The zero-order valence-electron chi connectivity index (χ0n) is 11.2. The summed E-state index contributed by atoms with van der Waals surface area (Å²) in [7, 11) is 1.63. The van der Waals surface area contributed by atoms with Gasteiger partial charge in [0.2, 0.25) is 0 Å². The minimum absolute atomic E-state index is 0. The number of amides is 1. The van der Waals surface area contributed by atoms with E-state index in [4.69, 9.17) is 4.74 Å². The van der Waals surface area contributed by atoms with Crippen molar-refractivity contribution in [3.8, 4) is 5.75 Å². The monoisotopic (exact) mass is 282 g/mol. The second-order valence-electron chi connectivity index (χ2n) is 4.96. The Morgan fingerprint density at radius 2 is 2.16 bits per heavy atom. The van der Waals surface area contributed by atoms with Gasteiger partial charge < -0.3 is 15.4 Å². The molecule has 0 aliphatic carbocycles. The molecule has 0 bridgehead atoms. The number of ether oxygens (including phenoxy) is 1. The first-order valence-corrected chi connectivity index (χ1v) is 6.47. The number of benzene rings is 1. The molecular weight excluding hydrogens is 264 g/mol. The number of nitrogens with one attached hydrogen (secondary N) is 2. The maximum absolute atomic E-state index is 12.2. The van der Waals surface area contributed by atoms with Crippen LogP contribution in [0, 0.1) is 0 Å². The van der Waals surface area contributed by atoms with Crippen molar-refractivity contribution in [3.63, 3.8) is 0 Å². The highest BCUT2D eigenvalue weighted by Gasteiger charge is 2.38. The number of carbonyl (C=O) groups excluding carboxylic acids is 1. The maximum Gasteiger partial charge on any atom is 0.255 e. The van der Waals surface area contributed by atoms with E-state index in [0.717, 1.165) is 30.6 Å². The summed E-state index contributed by atoms with van der Waals surface area (Å²) in [5.74, 6) is 1.07. The molecule has 0 radical (unpaired) electrons. The Hall–Kier alpha value is -1.26. The third kappa shape index (κ3) is 2.19. The lowest BCUT2D eigenvalue weighted by Gasteiger charge is -2.29. The molecule has 2 atom stereocenters. The fourth-order valence-electron chi connectivity index (χ4n) is 2.99. The van der Waals surface area contributed by atoms with Gasteiger partial charge in [0, 0.05) is 25.0 Å². The summed E-state index contributed by atoms with van der Waals surface area (Å²) < 4.78 is 5.39. The van der Waals surface area contributed by atoms with Gasteiger partial charge in [0.15, 0.2) is 0 Å². The Bertz CT molecular complexity index is 504. The van der Waals surface area contributed by atoms with E-state index in [9.17, 15) is 4.79 Å². The second-order valence-corrected chi connectivity index (χ2v) is 4.96. The van der Waals surface area contributed by atoms with Crippen molar-refractivity contribution in [1.29, 1.82) is 0 Å².